The van der Waals surface area contributed by atoms with Crippen molar-refractivity contribution in [2.45, 2.75) is 78.0 Å². The molecular weight excluding hydrogens is 250 g/mol. The van der Waals surface area contributed by atoms with Gasteiger partial charge in [0, 0.05) is 6.04 Å². The number of amides is 1. The Morgan fingerprint density at radius 3 is 2.60 bits per heavy atom. The molecule has 0 aromatic heterocycles. The van der Waals surface area contributed by atoms with Gasteiger partial charge in [-0.1, -0.05) is 17.7 Å². The van der Waals surface area contributed by atoms with Crippen molar-refractivity contribution in [1.29, 1.82) is 0 Å². The number of carbonyl (C=O) groups is 1. The topological polar surface area (TPSA) is 29.5 Å². The number of fused-ring (bicyclic) bond motifs is 2. The second kappa shape index (κ2) is 5.63. The van der Waals surface area contributed by atoms with E-state index in [1.54, 1.807) is 0 Å². The van der Waals surface area contributed by atoms with Crippen LogP contribution in [0, 0.1) is 0 Å². The van der Waals surface area contributed by atoms with Crippen molar-refractivity contribution in [3.63, 3.8) is 0 Å². The molecule has 0 saturated carbocycles. The van der Waals surface area contributed by atoms with Gasteiger partial charge in [-0.3, -0.25) is 4.90 Å². The van der Waals surface area contributed by atoms with Gasteiger partial charge in [-0.25, -0.2) is 4.79 Å². The molecule has 2 aliphatic heterocycles. The fourth-order valence-corrected chi connectivity index (χ4v) is 3.14. The van der Waals surface area contributed by atoms with Crippen molar-refractivity contribution in [2.24, 2.45) is 0 Å². The highest BCUT2D eigenvalue weighted by Gasteiger charge is 2.38. The van der Waals surface area contributed by atoms with Crippen molar-refractivity contribution in [2.75, 3.05) is 0 Å². The minimum absolute atomic E-state index is 0.153. The molecule has 0 aromatic carbocycles. The van der Waals surface area contributed by atoms with Crippen molar-refractivity contribution in [3.05, 3.63) is 23.3 Å². The lowest BCUT2D eigenvalue weighted by Gasteiger charge is -2.44. The molecule has 0 aliphatic carbocycles. The number of carbonyl (C=O) groups excluding carboxylic acids is 1. The maximum atomic E-state index is 12.4. The van der Waals surface area contributed by atoms with Gasteiger partial charge in [-0.05, 0) is 65.9 Å². The number of nitrogens with zero attached hydrogens (tertiary/aromatic N) is 1. The molecule has 1 fully saturated rings. The second-order valence-corrected chi connectivity index (χ2v) is 7.21. The van der Waals surface area contributed by atoms with E-state index in [-0.39, 0.29) is 12.1 Å². The molecule has 3 heteroatoms. The van der Waals surface area contributed by atoms with Crippen molar-refractivity contribution >= 4 is 6.09 Å². The molecule has 20 heavy (non-hydrogen) atoms. The van der Waals surface area contributed by atoms with Gasteiger partial charge in [0.25, 0.3) is 0 Å². The van der Waals surface area contributed by atoms with Crippen LogP contribution >= 0.6 is 0 Å². The number of rotatable bonds is 1. The summed E-state index contributed by atoms with van der Waals surface area (Å²) in [5.74, 6) is 0. The van der Waals surface area contributed by atoms with E-state index in [2.05, 4.69) is 26.0 Å². The minimum Gasteiger partial charge on any atom is -0.444 e. The molecule has 2 bridgehead atoms. The Morgan fingerprint density at radius 2 is 2.05 bits per heavy atom. The third-order valence-electron chi connectivity index (χ3n) is 3.74. The first-order valence-electron chi connectivity index (χ1n) is 7.63. The molecule has 2 aliphatic rings. The summed E-state index contributed by atoms with van der Waals surface area (Å²) in [5.41, 5.74) is 2.27. The van der Waals surface area contributed by atoms with E-state index < -0.39 is 5.60 Å². The molecule has 0 radical (unpaired) electrons. The third-order valence-corrected chi connectivity index (χ3v) is 3.74. The Morgan fingerprint density at radius 1 is 1.35 bits per heavy atom. The van der Waals surface area contributed by atoms with Crippen LogP contribution in [-0.4, -0.2) is 28.7 Å². The lowest BCUT2D eigenvalue weighted by atomic mass is 9.85. The van der Waals surface area contributed by atoms with Crippen LogP contribution in [0.25, 0.3) is 0 Å². The molecule has 1 saturated heterocycles. The molecule has 2 unspecified atom stereocenters. The molecular formula is C17H27NO2. The van der Waals surface area contributed by atoms with Crippen LogP contribution < -0.4 is 0 Å². The number of hydrogen-bond acceptors (Lipinski definition) is 2. The Balaban J connectivity index is 2.18. The summed E-state index contributed by atoms with van der Waals surface area (Å²) in [6.45, 7) is 10.0. The Kier molecular flexibility index (Phi) is 4.26. The molecule has 2 rings (SSSR count). The zero-order chi connectivity index (χ0) is 14.9. The van der Waals surface area contributed by atoms with E-state index in [1.165, 1.54) is 17.6 Å². The first kappa shape index (κ1) is 15.1. The van der Waals surface area contributed by atoms with E-state index in [9.17, 15) is 4.79 Å². The summed E-state index contributed by atoms with van der Waals surface area (Å²) in [5, 5.41) is 0. The Hall–Kier alpha value is -1.25. The molecule has 2 heterocycles. The molecule has 0 N–H and O–H groups in total. The van der Waals surface area contributed by atoms with E-state index in [4.69, 9.17) is 4.74 Å². The smallest absolute Gasteiger partial charge is 0.411 e. The highest BCUT2D eigenvalue weighted by molar-refractivity contribution is 5.70. The number of hydrogen-bond donors (Lipinski definition) is 0. The van der Waals surface area contributed by atoms with Gasteiger partial charge in [-0.2, -0.15) is 0 Å². The predicted molar refractivity (Wildman–Crippen MR) is 81.6 cm³/mol. The van der Waals surface area contributed by atoms with E-state index in [0.29, 0.717) is 6.04 Å². The zero-order valence-electron chi connectivity index (χ0n) is 13.4. The van der Waals surface area contributed by atoms with E-state index in [1.807, 2.05) is 25.7 Å². The third kappa shape index (κ3) is 3.65. The van der Waals surface area contributed by atoms with Crippen LogP contribution in [0.4, 0.5) is 4.79 Å². The largest absolute Gasteiger partial charge is 0.444 e. The van der Waals surface area contributed by atoms with Gasteiger partial charge in [0.05, 0.1) is 6.04 Å². The van der Waals surface area contributed by atoms with Crippen LogP contribution in [0.3, 0.4) is 0 Å². The molecule has 1 amide bonds. The molecule has 112 valence electrons. The fourth-order valence-electron chi connectivity index (χ4n) is 3.14. The predicted octanol–water partition coefficient (Wildman–Crippen LogP) is 4.44. The highest BCUT2D eigenvalue weighted by Crippen LogP contribution is 2.35. The average molecular weight is 277 g/mol. The van der Waals surface area contributed by atoms with Gasteiger partial charge in [0.2, 0.25) is 0 Å². The molecule has 2 atom stereocenters. The molecule has 0 aromatic rings. The maximum absolute atomic E-state index is 12.4. The molecule has 0 spiro atoms. The Bertz CT molecular complexity index is 438. The summed E-state index contributed by atoms with van der Waals surface area (Å²) in [6, 6.07) is 0.516. The number of allylic oxidation sites excluding steroid dienone is 2. The van der Waals surface area contributed by atoms with Crippen LogP contribution in [0.2, 0.25) is 0 Å². The van der Waals surface area contributed by atoms with Crippen LogP contribution in [0.5, 0.6) is 0 Å². The summed E-state index contributed by atoms with van der Waals surface area (Å²) in [6.07, 6.45) is 8.65. The minimum atomic E-state index is -0.421. The number of piperidine rings is 1. The highest BCUT2D eigenvalue weighted by atomic mass is 16.6. The fraction of sp³-hybridized carbons (Fsp3) is 0.706. The quantitative estimate of drug-likeness (QED) is 0.709. The monoisotopic (exact) mass is 277 g/mol. The van der Waals surface area contributed by atoms with E-state index >= 15 is 0 Å². The summed E-state index contributed by atoms with van der Waals surface area (Å²) in [7, 11) is 0. The first-order chi connectivity index (χ1) is 9.26. The lowest BCUT2D eigenvalue weighted by Crippen LogP contribution is -2.53. The average Bonchev–Trinajstić information content (AvgIpc) is 2.24. The SMILES string of the molecule is CC(C)=CC1=CC2CCCC(C1)N2C(=O)OC(C)(C)C. The van der Waals surface area contributed by atoms with Crippen LogP contribution in [0.1, 0.15) is 60.3 Å². The second-order valence-electron chi connectivity index (χ2n) is 7.21. The van der Waals surface area contributed by atoms with Gasteiger partial charge in [0.1, 0.15) is 5.60 Å². The Labute approximate surface area is 122 Å². The van der Waals surface area contributed by atoms with E-state index in [0.717, 1.165) is 19.3 Å². The van der Waals surface area contributed by atoms with Crippen molar-refractivity contribution in [3.8, 4) is 0 Å². The zero-order valence-corrected chi connectivity index (χ0v) is 13.4. The lowest BCUT2D eigenvalue weighted by molar-refractivity contribution is -0.00114. The number of ether oxygens (including phenoxy) is 1. The maximum Gasteiger partial charge on any atom is 0.411 e. The first-order valence-corrected chi connectivity index (χ1v) is 7.63. The normalized spacial score (nSPS) is 25.9. The standard InChI is InChI=1S/C17H27NO2/c1-12(2)9-13-10-14-7-6-8-15(11-13)18(14)16(19)20-17(3,4)5/h9-10,14-15H,6-8,11H2,1-5H3. The van der Waals surface area contributed by atoms with Crippen molar-refractivity contribution < 1.29 is 9.53 Å². The van der Waals surface area contributed by atoms with Gasteiger partial charge in [0.15, 0.2) is 0 Å². The van der Waals surface area contributed by atoms with Crippen LogP contribution in [-0.2, 0) is 4.74 Å². The summed E-state index contributed by atoms with van der Waals surface area (Å²) >= 11 is 0. The summed E-state index contributed by atoms with van der Waals surface area (Å²) < 4.78 is 5.57. The molecule has 3 nitrogen and oxygen atoms in total. The van der Waals surface area contributed by atoms with Gasteiger partial charge in [-0.15, -0.1) is 0 Å². The van der Waals surface area contributed by atoms with Gasteiger partial charge >= 0.3 is 6.09 Å². The van der Waals surface area contributed by atoms with Gasteiger partial charge < -0.3 is 4.74 Å². The summed E-state index contributed by atoms with van der Waals surface area (Å²) in [4.78, 5) is 14.4. The van der Waals surface area contributed by atoms with Crippen LogP contribution in [0.15, 0.2) is 23.3 Å². The van der Waals surface area contributed by atoms with Crippen molar-refractivity contribution in [1.82, 2.24) is 4.90 Å².